The molecule has 0 spiro atoms. The highest BCUT2D eigenvalue weighted by molar-refractivity contribution is 7.13. The summed E-state index contributed by atoms with van der Waals surface area (Å²) in [6, 6.07) is 3.96. The number of amides is 2. The van der Waals surface area contributed by atoms with Crippen molar-refractivity contribution < 1.29 is 27.1 Å². The number of halogens is 3. The van der Waals surface area contributed by atoms with Crippen molar-refractivity contribution in [2.45, 2.75) is 33.1 Å². The van der Waals surface area contributed by atoms with Gasteiger partial charge in [-0.1, -0.05) is 0 Å². The van der Waals surface area contributed by atoms with Gasteiger partial charge in [-0.05, 0) is 38.5 Å². The van der Waals surface area contributed by atoms with Crippen molar-refractivity contribution in [3.8, 4) is 39.2 Å². The minimum Gasteiger partial charge on any atom is -0.475 e. The zero-order chi connectivity index (χ0) is 26.7. The summed E-state index contributed by atoms with van der Waals surface area (Å²) in [7, 11) is 0. The van der Waals surface area contributed by atoms with Crippen LogP contribution < -0.4 is 21.1 Å². The van der Waals surface area contributed by atoms with Crippen LogP contribution in [0.25, 0.3) is 33.3 Å². The van der Waals surface area contributed by atoms with Gasteiger partial charge in [0.25, 0.3) is 5.89 Å². The number of aromatic amines is 1. The van der Waals surface area contributed by atoms with Crippen LogP contribution in [0.2, 0.25) is 0 Å². The number of hydrogen-bond donors (Lipinski definition) is 3. The van der Waals surface area contributed by atoms with E-state index in [4.69, 9.17) is 9.15 Å². The number of aromatic nitrogens is 5. The van der Waals surface area contributed by atoms with Gasteiger partial charge in [0, 0.05) is 35.3 Å². The van der Waals surface area contributed by atoms with Gasteiger partial charge in [-0.15, -0.1) is 16.4 Å². The number of pyridine rings is 2. The van der Waals surface area contributed by atoms with Crippen molar-refractivity contribution in [3.05, 3.63) is 46.0 Å². The van der Waals surface area contributed by atoms with Crippen molar-refractivity contribution in [3.63, 3.8) is 0 Å². The van der Waals surface area contributed by atoms with Gasteiger partial charge in [-0.3, -0.25) is 5.32 Å². The number of hydrogen-bond acceptors (Lipinski definition) is 9. The lowest BCUT2D eigenvalue weighted by Gasteiger charge is -2.14. The molecule has 0 fully saturated rings. The second-order valence-electron chi connectivity index (χ2n) is 7.80. The Bertz CT molecular complexity index is 1480. The minimum atomic E-state index is -4.64. The highest BCUT2D eigenvalue weighted by atomic mass is 32.1. The fourth-order valence-corrected chi connectivity index (χ4v) is 4.05. The largest absolute Gasteiger partial charge is 0.475 e. The van der Waals surface area contributed by atoms with Crippen LogP contribution in [-0.2, 0) is 6.18 Å². The Labute approximate surface area is 211 Å². The average molecular weight is 536 g/mol. The molecule has 0 saturated heterocycles. The molecule has 0 aliphatic carbocycles. The Balaban J connectivity index is 1.89. The van der Waals surface area contributed by atoms with Gasteiger partial charge >= 0.3 is 18.0 Å². The lowest BCUT2D eigenvalue weighted by molar-refractivity contribution is -0.140. The van der Waals surface area contributed by atoms with Crippen LogP contribution in [0, 0.1) is 0 Å². The molecule has 4 aromatic heterocycles. The van der Waals surface area contributed by atoms with Gasteiger partial charge < -0.3 is 14.5 Å². The van der Waals surface area contributed by atoms with Crippen LogP contribution in [0.5, 0.6) is 5.88 Å². The molecule has 4 heterocycles. The van der Waals surface area contributed by atoms with Gasteiger partial charge in [0.2, 0.25) is 5.88 Å². The fraction of sp³-hybridized carbons (Fsp3) is 0.273. The van der Waals surface area contributed by atoms with Crippen LogP contribution in [0.3, 0.4) is 0 Å². The van der Waals surface area contributed by atoms with E-state index in [-0.39, 0.29) is 40.0 Å². The molecule has 2 amide bonds. The van der Waals surface area contributed by atoms with E-state index >= 15 is 0 Å². The van der Waals surface area contributed by atoms with E-state index in [9.17, 15) is 22.8 Å². The molecule has 4 rings (SSSR count). The number of alkyl halides is 3. The third-order valence-corrected chi connectivity index (χ3v) is 5.51. The lowest BCUT2D eigenvalue weighted by Crippen LogP contribution is -2.28. The molecule has 3 N–H and O–H groups in total. The van der Waals surface area contributed by atoms with E-state index in [0.717, 1.165) is 16.7 Å². The molecule has 0 atom stereocenters. The molecule has 0 bridgehead atoms. The Morgan fingerprint density at radius 1 is 1.22 bits per heavy atom. The molecular weight excluding hydrogens is 515 g/mol. The molecule has 11 nitrogen and oxygen atoms in total. The zero-order valence-corrected chi connectivity index (χ0v) is 20.5. The number of carbonyl (C=O) groups is 1. The Morgan fingerprint density at radius 2 is 2.00 bits per heavy atom. The molecule has 0 aromatic carbocycles. The number of H-pyrrole nitrogens is 1. The topological polar surface area (TPSA) is 148 Å². The summed E-state index contributed by atoms with van der Waals surface area (Å²) in [6.45, 7) is 5.66. The number of thiazole rings is 1. The maximum absolute atomic E-state index is 13.3. The number of anilines is 1. The van der Waals surface area contributed by atoms with Crippen molar-refractivity contribution >= 4 is 23.2 Å². The average Bonchev–Trinajstić information content (AvgIpc) is 3.48. The molecule has 15 heteroatoms. The molecule has 4 aromatic rings. The Kier molecular flexibility index (Phi) is 7.24. The summed E-state index contributed by atoms with van der Waals surface area (Å²) in [5.74, 6) is -0.657. The molecule has 0 aliphatic rings. The monoisotopic (exact) mass is 535 g/mol. The third kappa shape index (κ3) is 6.11. The molecule has 0 unspecified atom stereocenters. The summed E-state index contributed by atoms with van der Waals surface area (Å²) in [6.07, 6.45) is -3.52. The smallest absolute Gasteiger partial charge is 0.434 e. The summed E-state index contributed by atoms with van der Waals surface area (Å²) in [5, 5.41) is 12.0. The number of carbonyl (C=O) groups excluding carboxylic acids is 1. The van der Waals surface area contributed by atoms with E-state index in [1.165, 1.54) is 18.3 Å². The maximum atomic E-state index is 13.3. The van der Waals surface area contributed by atoms with Gasteiger partial charge in [-0.25, -0.2) is 29.6 Å². The van der Waals surface area contributed by atoms with Crippen LogP contribution in [0.15, 0.2) is 39.0 Å². The Hall–Kier alpha value is -4.27. The summed E-state index contributed by atoms with van der Waals surface area (Å²) >= 11 is 0.784. The molecule has 0 saturated carbocycles. The van der Waals surface area contributed by atoms with E-state index in [0.29, 0.717) is 17.7 Å². The van der Waals surface area contributed by atoms with Gasteiger partial charge in [0.05, 0.1) is 6.10 Å². The molecule has 194 valence electrons. The van der Waals surface area contributed by atoms with E-state index in [1.54, 1.807) is 26.8 Å². The standard InChI is InChI=1S/C22H20F3N7O4S/c1-4-26-20(33)30-16-7-12(19-29-15(9-37-19)22(23,24)25)13(8-27-16)11-5-14(18-31-32-21(34)36-18)28-17(6-11)35-10(2)3/h5-10H,4H2,1-3H3,(H,32,34)(H2,26,27,30,33). The van der Waals surface area contributed by atoms with Crippen molar-refractivity contribution in [2.24, 2.45) is 0 Å². The third-order valence-electron chi connectivity index (χ3n) is 4.63. The number of nitrogens with zero attached hydrogens (tertiary/aromatic N) is 4. The summed E-state index contributed by atoms with van der Waals surface area (Å²) in [4.78, 5) is 35.8. The first-order chi connectivity index (χ1) is 17.5. The number of urea groups is 1. The summed E-state index contributed by atoms with van der Waals surface area (Å²) < 4.78 is 50.6. The Morgan fingerprint density at radius 3 is 2.62 bits per heavy atom. The summed E-state index contributed by atoms with van der Waals surface area (Å²) in [5.41, 5.74) is 0.128. The normalized spacial score (nSPS) is 11.5. The van der Waals surface area contributed by atoms with Gasteiger partial charge in [0.15, 0.2) is 5.69 Å². The predicted molar refractivity (Wildman–Crippen MR) is 128 cm³/mol. The van der Waals surface area contributed by atoms with E-state index < -0.39 is 23.7 Å². The second-order valence-corrected chi connectivity index (χ2v) is 8.66. The van der Waals surface area contributed by atoms with E-state index in [1.807, 2.05) is 0 Å². The van der Waals surface area contributed by atoms with Gasteiger partial charge in [-0.2, -0.15) is 13.2 Å². The fourth-order valence-electron chi connectivity index (χ4n) is 3.19. The first kappa shape index (κ1) is 25.8. The maximum Gasteiger partial charge on any atom is 0.434 e. The molecular formula is C22H20F3N7O4S. The van der Waals surface area contributed by atoms with Crippen LogP contribution in [0.1, 0.15) is 26.5 Å². The molecule has 37 heavy (non-hydrogen) atoms. The molecule has 0 aliphatic heterocycles. The first-order valence-electron chi connectivity index (χ1n) is 10.9. The lowest BCUT2D eigenvalue weighted by atomic mass is 10.0. The zero-order valence-electron chi connectivity index (χ0n) is 19.6. The highest BCUT2D eigenvalue weighted by Crippen LogP contribution is 2.39. The van der Waals surface area contributed by atoms with Crippen molar-refractivity contribution in [1.29, 1.82) is 0 Å². The predicted octanol–water partition coefficient (Wildman–Crippen LogP) is 4.56. The number of ether oxygens (including phenoxy) is 1. The first-order valence-corrected chi connectivity index (χ1v) is 11.7. The molecule has 0 radical (unpaired) electrons. The highest BCUT2D eigenvalue weighted by Gasteiger charge is 2.34. The van der Waals surface area contributed by atoms with Crippen LogP contribution in [-0.4, -0.2) is 43.8 Å². The van der Waals surface area contributed by atoms with E-state index in [2.05, 4.69) is 35.8 Å². The van der Waals surface area contributed by atoms with Crippen molar-refractivity contribution in [2.75, 3.05) is 11.9 Å². The number of nitrogens with one attached hydrogen (secondary N) is 3. The quantitative estimate of drug-likeness (QED) is 0.312. The minimum absolute atomic E-state index is 0.0414. The number of rotatable bonds is 7. The van der Waals surface area contributed by atoms with Gasteiger partial charge in [0.1, 0.15) is 16.5 Å². The SMILES string of the molecule is CCNC(=O)Nc1cc(-c2nc(C(F)(F)F)cs2)c(-c2cc(OC(C)C)nc(-c3n[nH]c(=O)o3)c2)cn1. The van der Waals surface area contributed by atoms with Crippen molar-refractivity contribution in [1.82, 2.24) is 30.5 Å². The van der Waals surface area contributed by atoms with Crippen LogP contribution in [0.4, 0.5) is 23.8 Å². The second kappa shape index (κ2) is 10.4. The van der Waals surface area contributed by atoms with Crippen LogP contribution >= 0.6 is 11.3 Å².